The number of nitrogens with two attached hydrogens (primary N) is 1. The van der Waals surface area contributed by atoms with E-state index in [9.17, 15) is 13.2 Å². The van der Waals surface area contributed by atoms with Crippen LogP contribution in [-0.4, -0.2) is 45.0 Å². The van der Waals surface area contributed by atoms with Crippen molar-refractivity contribution in [1.29, 1.82) is 0 Å². The molecule has 2 atom stereocenters. The van der Waals surface area contributed by atoms with Crippen molar-refractivity contribution in [2.75, 3.05) is 18.6 Å². The third kappa shape index (κ3) is 7.99. The molecule has 1 amide bonds. The Morgan fingerprint density at radius 2 is 2.09 bits per heavy atom. The first-order valence-electron chi connectivity index (χ1n) is 7.65. The van der Waals surface area contributed by atoms with Crippen LogP contribution in [0.4, 0.5) is 0 Å². The van der Waals surface area contributed by atoms with E-state index in [1.54, 1.807) is 0 Å². The van der Waals surface area contributed by atoms with E-state index in [1.807, 2.05) is 38.1 Å². The van der Waals surface area contributed by atoms with Crippen LogP contribution in [0.5, 0.6) is 5.75 Å². The first-order valence-corrected chi connectivity index (χ1v) is 9.71. The third-order valence-electron chi connectivity index (χ3n) is 3.39. The molecule has 1 aromatic carbocycles. The third-order valence-corrected chi connectivity index (χ3v) is 4.37. The van der Waals surface area contributed by atoms with Gasteiger partial charge in [0.25, 0.3) is 0 Å². The highest BCUT2D eigenvalue weighted by Gasteiger charge is 2.17. The Kier molecular flexibility index (Phi) is 7.51. The molecule has 2 unspecified atom stereocenters. The summed E-state index contributed by atoms with van der Waals surface area (Å²) in [6, 6.07) is 6.87. The zero-order valence-corrected chi connectivity index (χ0v) is 14.7. The molecule has 0 aliphatic rings. The minimum absolute atomic E-state index is 0.0986. The van der Waals surface area contributed by atoms with E-state index in [0.717, 1.165) is 24.0 Å². The van der Waals surface area contributed by atoms with Gasteiger partial charge in [-0.1, -0.05) is 19.1 Å². The van der Waals surface area contributed by atoms with E-state index in [-0.39, 0.29) is 24.2 Å². The highest BCUT2D eigenvalue weighted by Crippen LogP contribution is 2.15. The van der Waals surface area contributed by atoms with Crippen LogP contribution in [-0.2, 0) is 14.6 Å². The quantitative estimate of drug-likeness (QED) is 0.698. The number of ether oxygens (including phenoxy) is 1. The smallest absolute Gasteiger partial charge is 0.237 e. The van der Waals surface area contributed by atoms with Gasteiger partial charge in [0.2, 0.25) is 5.91 Å². The van der Waals surface area contributed by atoms with Crippen molar-refractivity contribution in [2.45, 2.75) is 38.8 Å². The van der Waals surface area contributed by atoms with Gasteiger partial charge >= 0.3 is 0 Å². The molecule has 0 heterocycles. The lowest BCUT2D eigenvalue weighted by Gasteiger charge is -2.20. The van der Waals surface area contributed by atoms with E-state index in [1.165, 1.54) is 0 Å². The van der Waals surface area contributed by atoms with Gasteiger partial charge < -0.3 is 15.8 Å². The van der Waals surface area contributed by atoms with Crippen molar-refractivity contribution >= 4 is 15.7 Å². The van der Waals surface area contributed by atoms with Gasteiger partial charge in [0.05, 0.1) is 18.3 Å². The molecule has 0 saturated heterocycles. The van der Waals surface area contributed by atoms with E-state index >= 15 is 0 Å². The Balaban J connectivity index is 2.45. The summed E-state index contributed by atoms with van der Waals surface area (Å²) in [6.07, 6.45) is 1.80. The van der Waals surface area contributed by atoms with E-state index < -0.39 is 15.9 Å². The molecule has 23 heavy (non-hydrogen) atoms. The number of nitrogens with one attached hydrogen (secondary N) is 1. The van der Waals surface area contributed by atoms with Crippen LogP contribution in [0.1, 0.15) is 25.3 Å². The standard InChI is InChI=1S/C16H26N2O4S/c1-4-13(22-14-7-5-6-12(2)10-14)11-18-16(19)15(17)8-9-23(3,20)21/h5-7,10,13,15H,4,8-9,11,17H2,1-3H3,(H,18,19). The topological polar surface area (TPSA) is 98.5 Å². The van der Waals surface area contributed by atoms with Crippen LogP contribution in [0.3, 0.4) is 0 Å². The van der Waals surface area contributed by atoms with Crippen molar-refractivity contribution in [3.05, 3.63) is 29.8 Å². The summed E-state index contributed by atoms with van der Waals surface area (Å²) in [4.78, 5) is 11.9. The molecule has 0 aliphatic heterocycles. The summed E-state index contributed by atoms with van der Waals surface area (Å²) in [5.74, 6) is 0.297. The SMILES string of the molecule is CCC(CNC(=O)C(N)CCS(C)(=O)=O)Oc1cccc(C)c1. The number of carbonyl (C=O) groups excluding carboxylic acids is 1. The van der Waals surface area contributed by atoms with Gasteiger partial charge in [-0.3, -0.25) is 4.79 Å². The van der Waals surface area contributed by atoms with Crippen LogP contribution in [0.25, 0.3) is 0 Å². The van der Waals surface area contributed by atoms with Crippen LogP contribution in [0.15, 0.2) is 24.3 Å². The molecule has 0 bridgehead atoms. The van der Waals surface area contributed by atoms with Gasteiger partial charge in [0.1, 0.15) is 21.7 Å². The van der Waals surface area contributed by atoms with Crippen molar-refractivity contribution in [3.63, 3.8) is 0 Å². The van der Waals surface area contributed by atoms with Crippen LogP contribution >= 0.6 is 0 Å². The molecule has 1 aromatic rings. The molecule has 0 radical (unpaired) electrons. The van der Waals surface area contributed by atoms with Gasteiger partial charge in [-0.25, -0.2) is 8.42 Å². The van der Waals surface area contributed by atoms with E-state index in [0.29, 0.717) is 6.54 Å². The summed E-state index contributed by atoms with van der Waals surface area (Å²) in [6.45, 7) is 4.28. The fourth-order valence-electron chi connectivity index (χ4n) is 1.97. The number of hydrogen-bond acceptors (Lipinski definition) is 5. The predicted octanol–water partition coefficient (Wildman–Crippen LogP) is 1.03. The van der Waals surface area contributed by atoms with Crippen LogP contribution in [0.2, 0.25) is 0 Å². The first-order chi connectivity index (χ1) is 10.7. The molecule has 0 aromatic heterocycles. The lowest BCUT2D eigenvalue weighted by Crippen LogP contribution is -2.45. The van der Waals surface area contributed by atoms with Gasteiger partial charge in [-0.2, -0.15) is 0 Å². The summed E-state index contributed by atoms with van der Waals surface area (Å²) in [5.41, 5.74) is 6.81. The molecule has 1 rings (SSSR count). The number of rotatable bonds is 9. The number of hydrogen-bond donors (Lipinski definition) is 2. The largest absolute Gasteiger partial charge is 0.489 e. The Labute approximate surface area is 138 Å². The Morgan fingerprint density at radius 1 is 1.39 bits per heavy atom. The fraction of sp³-hybridized carbons (Fsp3) is 0.562. The number of aryl methyl sites for hydroxylation is 1. The normalized spacial score (nSPS) is 14.1. The van der Waals surface area contributed by atoms with Crippen molar-refractivity contribution in [1.82, 2.24) is 5.32 Å². The molecule has 6 nitrogen and oxygen atoms in total. The second-order valence-corrected chi connectivity index (χ2v) is 7.99. The highest BCUT2D eigenvalue weighted by molar-refractivity contribution is 7.90. The Morgan fingerprint density at radius 3 is 2.65 bits per heavy atom. The molecular formula is C16H26N2O4S. The molecular weight excluding hydrogens is 316 g/mol. The van der Waals surface area contributed by atoms with Gasteiger partial charge in [0.15, 0.2) is 0 Å². The van der Waals surface area contributed by atoms with Gasteiger partial charge in [0, 0.05) is 6.26 Å². The zero-order valence-electron chi connectivity index (χ0n) is 13.9. The Bertz CT molecular complexity index is 616. The van der Waals surface area contributed by atoms with Crippen LogP contribution in [0, 0.1) is 6.92 Å². The monoisotopic (exact) mass is 342 g/mol. The first kappa shape index (κ1) is 19.4. The molecule has 0 aliphatic carbocycles. The fourth-order valence-corrected chi connectivity index (χ4v) is 2.65. The molecule has 0 fully saturated rings. The maximum atomic E-state index is 11.9. The second kappa shape index (κ2) is 8.88. The summed E-state index contributed by atoms with van der Waals surface area (Å²) < 4.78 is 28.0. The number of amides is 1. The minimum Gasteiger partial charge on any atom is -0.489 e. The van der Waals surface area contributed by atoms with E-state index in [4.69, 9.17) is 10.5 Å². The van der Waals surface area contributed by atoms with Crippen LogP contribution < -0.4 is 15.8 Å². The van der Waals surface area contributed by atoms with Crippen molar-refractivity contribution < 1.29 is 17.9 Å². The minimum atomic E-state index is -3.12. The lowest BCUT2D eigenvalue weighted by molar-refractivity contribution is -0.122. The summed E-state index contributed by atoms with van der Waals surface area (Å²) >= 11 is 0. The highest BCUT2D eigenvalue weighted by atomic mass is 32.2. The van der Waals surface area contributed by atoms with Crippen molar-refractivity contribution in [2.24, 2.45) is 5.73 Å². The predicted molar refractivity (Wildman–Crippen MR) is 91.2 cm³/mol. The second-order valence-electron chi connectivity index (χ2n) is 5.73. The average Bonchev–Trinajstić information content (AvgIpc) is 2.47. The molecule has 130 valence electrons. The number of carbonyl (C=O) groups is 1. The summed E-state index contributed by atoms with van der Waals surface area (Å²) in [7, 11) is -3.12. The number of benzene rings is 1. The summed E-state index contributed by atoms with van der Waals surface area (Å²) in [5, 5.41) is 2.72. The average molecular weight is 342 g/mol. The van der Waals surface area contributed by atoms with Gasteiger partial charge in [-0.15, -0.1) is 0 Å². The molecule has 7 heteroatoms. The maximum Gasteiger partial charge on any atom is 0.237 e. The molecule has 3 N–H and O–H groups in total. The molecule has 0 saturated carbocycles. The van der Waals surface area contributed by atoms with Crippen molar-refractivity contribution in [3.8, 4) is 5.75 Å². The zero-order chi connectivity index (χ0) is 17.5. The Hall–Kier alpha value is -1.60. The lowest BCUT2D eigenvalue weighted by atomic mass is 10.2. The maximum absolute atomic E-state index is 11.9. The number of sulfone groups is 1. The molecule has 0 spiro atoms. The van der Waals surface area contributed by atoms with E-state index in [2.05, 4.69) is 5.32 Å². The van der Waals surface area contributed by atoms with Gasteiger partial charge in [-0.05, 0) is 37.5 Å².